The number of thiophene rings is 1. The summed E-state index contributed by atoms with van der Waals surface area (Å²) in [7, 11) is 0. The van der Waals surface area contributed by atoms with Crippen LogP contribution < -0.4 is 5.56 Å². The third-order valence-electron chi connectivity index (χ3n) is 5.44. The molecule has 0 radical (unpaired) electrons. The number of hydrogen-bond acceptors (Lipinski definition) is 4. The molecule has 160 valence electrons. The number of rotatable bonds is 9. The number of benzene rings is 1. The number of hydrogen-bond donors (Lipinski definition) is 0. The van der Waals surface area contributed by atoms with Gasteiger partial charge in [0.05, 0.1) is 23.4 Å². The average Bonchev–Trinajstić information content (AvgIpc) is 3.24. The molecule has 0 bridgehead atoms. The largest absolute Gasteiger partial charge is 0.332 e. The van der Waals surface area contributed by atoms with E-state index in [2.05, 4.69) is 20.8 Å². The van der Waals surface area contributed by atoms with Gasteiger partial charge in [-0.05, 0) is 49.3 Å². The van der Waals surface area contributed by atoms with Gasteiger partial charge in [-0.15, -0.1) is 11.3 Å². The van der Waals surface area contributed by atoms with Crippen LogP contribution in [0.5, 0.6) is 0 Å². The highest BCUT2D eigenvalue weighted by Crippen LogP contribution is 2.26. The zero-order valence-corrected chi connectivity index (χ0v) is 19.1. The highest BCUT2D eigenvalue weighted by Gasteiger charge is 2.28. The molecule has 1 amide bonds. The van der Waals surface area contributed by atoms with Gasteiger partial charge in [-0.1, -0.05) is 39.0 Å². The Morgan fingerprint density at radius 3 is 2.57 bits per heavy atom. The molecule has 0 aliphatic heterocycles. The molecule has 6 heteroatoms. The van der Waals surface area contributed by atoms with Crippen molar-refractivity contribution >= 4 is 28.1 Å². The quantitative estimate of drug-likeness (QED) is 0.482. The second-order valence-electron chi connectivity index (χ2n) is 7.99. The minimum atomic E-state index is -0.228. The van der Waals surface area contributed by atoms with Gasteiger partial charge in [-0.2, -0.15) is 0 Å². The average molecular weight is 426 g/mol. The summed E-state index contributed by atoms with van der Waals surface area (Å²) in [5, 5.41) is 2.62. The molecule has 3 rings (SSSR count). The van der Waals surface area contributed by atoms with E-state index < -0.39 is 0 Å². The summed E-state index contributed by atoms with van der Waals surface area (Å²) in [6, 6.07) is 11.2. The van der Waals surface area contributed by atoms with Gasteiger partial charge >= 0.3 is 0 Å². The van der Waals surface area contributed by atoms with Crippen molar-refractivity contribution in [2.24, 2.45) is 5.92 Å². The molecule has 0 fully saturated rings. The maximum absolute atomic E-state index is 13.4. The highest BCUT2D eigenvalue weighted by molar-refractivity contribution is 7.10. The lowest BCUT2D eigenvalue weighted by Crippen LogP contribution is -2.40. The van der Waals surface area contributed by atoms with Crippen molar-refractivity contribution in [3.63, 3.8) is 0 Å². The maximum atomic E-state index is 13.4. The molecule has 1 aromatic carbocycles. The number of amides is 1. The minimum Gasteiger partial charge on any atom is -0.332 e. The normalized spacial score (nSPS) is 12.4. The zero-order chi connectivity index (χ0) is 21.7. The molecule has 1 atom stereocenters. The molecule has 0 spiro atoms. The predicted octanol–water partition coefficient (Wildman–Crippen LogP) is 5.05. The van der Waals surface area contributed by atoms with Crippen molar-refractivity contribution in [3.05, 3.63) is 62.8 Å². The SMILES string of the molecule is CCC(c1nc2ccccc2c(=O)n1CC)N(CCC(C)C)C(=O)Cc1cccs1. The van der Waals surface area contributed by atoms with E-state index in [4.69, 9.17) is 4.98 Å². The van der Waals surface area contributed by atoms with Gasteiger partial charge in [-0.25, -0.2) is 4.98 Å². The molecule has 2 heterocycles. The number of para-hydroxylation sites is 1. The predicted molar refractivity (Wildman–Crippen MR) is 124 cm³/mol. The molecule has 0 N–H and O–H groups in total. The molecule has 2 aromatic heterocycles. The topological polar surface area (TPSA) is 55.2 Å². The van der Waals surface area contributed by atoms with Crippen LogP contribution in [0.1, 0.15) is 57.3 Å². The molecule has 0 aliphatic carbocycles. The maximum Gasteiger partial charge on any atom is 0.261 e. The Morgan fingerprint density at radius 1 is 1.17 bits per heavy atom. The first-order valence-electron chi connectivity index (χ1n) is 10.8. The smallest absolute Gasteiger partial charge is 0.261 e. The van der Waals surface area contributed by atoms with E-state index in [-0.39, 0.29) is 17.5 Å². The molecule has 0 saturated carbocycles. The molecule has 0 saturated heterocycles. The summed E-state index contributed by atoms with van der Waals surface area (Å²) in [5.41, 5.74) is 0.654. The van der Waals surface area contributed by atoms with Crippen molar-refractivity contribution in [1.29, 1.82) is 0 Å². The lowest BCUT2D eigenvalue weighted by molar-refractivity contribution is -0.133. The van der Waals surface area contributed by atoms with Crippen LogP contribution >= 0.6 is 11.3 Å². The molecular weight excluding hydrogens is 394 g/mol. The van der Waals surface area contributed by atoms with Crippen molar-refractivity contribution in [3.8, 4) is 0 Å². The van der Waals surface area contributed by atoms with E-state index in [0.29, 0.717) is 48.6 Å². The first-order chi connectivity index (χ1) is 14.5. The standard InChI is InChI=1S/C24H31N3O2S/c1-5-21(23-25-20-12-8-7-11-19(20)24(29)26(23)6-2)27(14-13-17(3)4)22(28)16-18-10-9-15-30-18/h7-12,15,17,21H,5-6,13-14,16H2,1-4H3. The zero-order valence-electron chi connectivity index (χ0n) is 18.3. The summed E-state index contributed by atoms with van der Waals surface area (Å²) < 4.78 is 1.73. The number of fused-ring (bicyclic) bond motifs is 1. The molecule has 30 heavy (non-hydrogen) atoms. The van der Waals surface area contributed by atoms with Crippen LogP contribution in [-0.2, 0) is 17.8 Å². The molecule has 3 aromatic rings. The number of carbonyl (C=O) groups is 1. The summed E-state index contributed by atoms with van der Waals surface area (Å²) in [6.45, 7) is 9.54. The van der Waals surface area contributed by atoms with Gasteiger partial charge in [0.25, 0.3) is 5.56 Å². The van der Waals surface area contributed by atoms with Crippen LogP contribution in [-0.4, -0.2) is 26.9 Å². The third-order valence-corrected chi connectivity index (χ3v) is 6.32. The van der Waals surface area contributed by atoms with E-state index >= 15 is 0 Å². The molecule has 1 unspecified atom stereocenters. The fourth-order valence-electron chi connectivity index (χ4n) is 3.80. The van der Waals surface area contributed by atoms with E-state index in [1.54, 1.807) is 15.9 Å². The fraction of sp³-hybridized carbons (Fsp3) is 0.458. The van der Waals surface area contributed by atoms with Crippen LogP contribution in [0.15, 0.2) is 46.6 Å². The second-order valence-corrected chi connectivity index (χ2v) is 9.02. The minimum absolute atomic E-state index is 0.0361. The van der Waals surface area contributed by atoms with Gasteiger partial charge in [0, 0.05) is 18.0 Å². The van der Waals surface area contributed by atoms with Crippen LogP contribution in [0.3, 0.4) is 0 Å². The summed E-state index contributed by atoms with van der Waals surface area (Å²) in [6.07, 6.45) is 2.01. The lowest BCUT2D eigenvalue weighted by Gasteiger charge is -2.33. The van der Waals surface area contributed by atoms with Gasteiger partial charge in [0.1, 0.15) is 5.82 Å². The Morgan fingerprint density at radius 2 is 1.93 bits per heavy atom. The summed E-state index contributed by atoms with van der Waals surface area (Å²) in [5.74, 6) is 1.26. The highest BCUT2D eigenvalue weighted by atomic mass is 32.1. The summed E-state index contributed by atoms with van der Waals surface area (Å²) >= 11 is 1.60. The van der Waals surface area contributed by atoms with Gasteiger partial charge < -0.3 is 4.90 Å². The Kier molecular flexibility index (Phi) is 7.43. The van der Waals surface area contributed by atoms with E-state index in [1.165, 1.54) is 0 Å². The lowest BCUT2D eigenvalue weighted by atomic mass is 10.1. The van der Waals surface area contributed by atoms with Crippen molar-refractivity contribution < 1.29 is 4.79 Å². The fourth-order valence-corrected chi connectivity index (χ4v) is 4.50. The van der Waals surface area contributed by atoms with Crippen LogP contribution in [0.25, 0.3) is 10.9 Å². The van der Waals surface area contributed by atoms with Crippen LogP contribution in [0.2, 0.25) is 0 Å². The third kappa shape index (κ3) is 4.81. The first-order valence-corrected chi connectivity index (χ1v) is 11.7. The Bertz CT molecular complexity index is 1040. The first kappa shape index (κ1) is 22.2. The van der Waals surface area contributed by atoms with Gasteiger partial charge in [0.2, 0.25) is 5.91 Å². The number of carbonyl (C=O) groups excluding carboxylic acids is 1. The molecule has 0 aliphatic rings. The Balaban J connectivity index is 2.06. The van der Waals surface area contributed by atoms with E-state index in [9.17, 15) is 9.59 Å². The monoisotopic (exact) mass is 425 g/mol. The van der Waals surface area contributed by atoms with Gasteiger partial charge in [0.15, 0.2) is 0 Å². The van der Waals surface area contributed by atoms with Crippen LogP contribution in [0.4, 0.5) is 0 Å². The van der Waals surface area contributed by atoms with Crippen molar-refractivity contribution in [2.75, 3.05) is 6.54 Å². The molecule has 5 nitrogen and oxygen atoms in total. The van der Waals surface area contributed by atoms with E-state index in [0.717, 1.165) is 11.3 Å². The van der Waals surface area contributed by atoms with Crippen LogP contribution in [0, 0.1) is 5.92 Å². The van der Waals surface area contributed by atoms with E-state index in [1.807, 2.05) is 53.6 Å². The second kappa shape index (κ2) is 10.0. The van der Waals surface area contributed by atoms with Gasteiger partial charge in [-0.3, -0.25) is 14.2 Å². The van der Waals surface area contributed by atoms with Crippen molar-refractivity contribution in [2.45, 2.75) is 59.5 Å². The number of aromatic nitrogens is 2. The molecular formula is C24H31N3O2S. The summed E-state index contributed by atoms with van der Waals surface area (Å²) in [4.78, 5) is 34.4. The number of nitrogens with zero attached hydrogens (tertiary/aromatic N) is 3. The Labute approximate surface area is 182 Å². The van der Waals surface area contributed by atoms with Crippen molar-refractivity contribution in [1.82, 2.24) is 14.5 Å². The Hall–Kier alpha value is -2.47.